The third-order valence-corrected chi connectivity index (χ3v) is 9.40. The molecule has 7 heterocycles. The van der Waals surface area contributed by atoms with Gasteiger partial charge in [0.2, 0.25) is 5.95 Å². The van der Waals surface area contributed by atoms with Crippen LogP contribution in [-0.4, -0.2) is 104 Å². The number of rotatable bonds is 2. The van der Waals surface area contributed by atoms with Crippen LogP contribution < -0.4 is 17.0 Å². The lowest BCUT2D eigenvalue weighted by Gasteiger charge is -2.26. The smallest absolute Gasteiger partial charge is 0.387 e. The fourth-order valence-corrected chi connectivity index (χ4v) is 7.28. The lowest BCUT2D eigenvalue weighted by atomic mass is 10.1. The van der Waals surface area contributed by atoms with Gasteiger partial charge in [-0.3, -0.25) is 32.5 Å². The summed E-state index contributed by atoms with van der Waals surface area (Å²) in [5, 5.41) is 22.2. The Morgan fingerprint density at radius 3 is 2.58 bits per heavy atom. The normalized spacial score (nSPS) is 37.7. The second-order valence-electron chi connectivity index (χ2n) is 10.3. The molecule has 4 aromatic heterocycles. The van der Waals surface area contributed by atoms with Crippen LogP contribution in [0.3, 0.4) is 0 Å². The van der Waals surface area contributed by atoms with Crippen molar-refractivity contribution >= 4 is 49.4 Å². The molecule has 0 radical (unpaired) electrons. The van der Waals surface area contributed by atoms with E-state index in [2.05, 4.69) is 24.9 Å². The Labute approximate surface area is 249 Å². The number of ether oxygens (including phenoxy) is 3. The highest BCUT2D eigenvalue weighted by atomic mass is 31.2. The van der Waals surface area contributed by atoms with E-state index in [9.17, 15) is 33.9 Å². The highest BCUT2D eigenvalue weighted by Crippen LogP contribution is 2.53. The molecule has 3 aliphatic rings. The molecule has 7 rings (SSSR count). The Morgan fingerprint density at radius 2 is 1.78 bits per heavy atom. The van der Waals surface area contributed by atoms with Crippen LogP contribution in [-0.2, 0) is 36.9 Å². The van der Waals surface area contributed by atoms with Crippen LogP contribution in [0, 0.1) is 0 Å². The zero-order chi connectivity index (χ0) is 31.8. The highest BCUT2D eigenvalue weighted by Gasteiger charge is 2.54. The van der Waals surface area contributed by atoms with Gasteiger partial charge in [0, 0.05) is 6.20 Å². The number of phosphoric ester groups is 1. The fourth-order valence-electron chi connectivity index (χ4n) is 5.35. The molecule has 0 saturated carbocycles. The Balaban J connectivity index is 1.21. The Bertz CT molecular complexity index is 1930. The number of aliphatic hydroxyl groups excluding tert-OH is 2. The van der Waals surface area contributed by atoms with Gasteiger partial charge in [-0.2, -0.15) is 4.98 Å². The van der Waals surface area contributed by atoms with Gasteiger partial charge in [-0.1, -0.05) is 0 Å². The summed E-state index contributed by atoms with van der Waals surface area (Å²) in [5.41, 5.74) is 11.2. The predicted octanol–water partition coefficient (Wildman–Crippen LogP) is -1.74. The SMILES string of the molecule is Nc1nc2c(ccn2[C@@H]2O[C@@H]3COP(=O)(O)OC4C(O)[C@H](n5cnc6c(N)ncnc65)O[C@@H]4OCP(=O)(O)OC2[C@H]3O)c(=O)[nH]1. The molecule has 3 aliphatic heterocycles. The summed E-state index contributed by atoms with van der Waals surface area (Å²) in [6, 6.07) is 1.37. The van der Waals surface area contributed by atoms with E-state index in [4.69, 9.17) is 39.2 Å². The molecule has 22 nitrogen and oxygen atoms in total. The van der Waals surface area contributed by atoms with E-state index < -0.39 is 83.2 Å². The van der Waals surface area contributed by atoms with Crippen molar-refractivity contribution in [1.82, 2.24) is 34.1 Å². The van der Waals surface area contributed by atoms with Gasteiger partial charge in [0.25, 0.3) is 5.56 Å². The Kier molecular flexibility index (Phi) is 7.32. The minimum atomic E-state index is -5.08. The molecular weight excluding hydrogens is 648 g/mol. The number of aromatic amines is 1. The number of nitrogens with zero attached hydrogens (tertiary/aromatic N) is 6. The van der Waals surface area contributed by atoms with E-state index in [0.29, 0.717) is 0 Å². The molecule has 0 amide bonds. The van der Waals surface area contributed by atoms with Gasteiger partial charge in [0.1, 0.15) is 36.3 Å². The summed E-state index contributed by atoms with van der Waals surface area (Å²) in [6.45, 7) is -0.794. The summed E-state index contributed by atoms with van der Waals surface area (Å²) in [6.07, 6.45) is -10.2. The van der Waals surface area contributed by atoms with Crippen molar-refractivity contribution in [3.8, 4) is 0 Å². The molecule has 45 heavy (non-hydrogen) atoms. The van der Waals surface area contributed by atoms with Crippen LogP contribution in [0.1, 0.15) is 12.5 Å². The first-order chi connectivity index (χ1) is 21.3. The van der Waals surface area contributed by atoms with Crippen molar-refractivity contribution < 1.29 is 56.9 Å². The fraction of sp³-hybridized carbons (Fsp3) is 0.476. The van der Waals surface area contributed by atoms with Crippen molar-refractivity contribution in [3.63, 3.8) is 0 Å². The van der Waals surface area contributed by atoms with E-state index in [1.165, 1.54) is 27.7 Å². The molecule has 242 valence electrons. The molecule has 9 N–H and O–H groups in total. The number of fused-ring (bicyclic) bond motifs is 5. The third-order valence-electron chi connectivity index (χ3n) is 7.36. The lowest BCUT2D eigenvalue weighted by molar-refractivity contribution is -0.167. The quantitative estimate of drug-likeness (QED) is 0.116. The van der Waals surface area contributed by atoms with Gasteiger partial charge in [-0.05, 0) is 6.07 Å². The number of hydrogen-bond donors (Lipinski definition) is 7. The summed E-state index contributed by atoms with van der Waals surface area (Å²) < 4.78 is 61.6. The maximum atomic E-state index is 13.3. The van der Waals surface area contributed by atoms with Crippen molar-refractivity contribution in [2.24, 2.45) is 0 Å². The molecule has 0 aromatic carbocycles. The Hall–Kier alpha value is -3.37. The average Bonchev–Trinajstić information content (AvgIpc) is 3.72. The number of nitrogens with two attached hydrogens (primary N) is 2. The van der Waals surface area contributed by atoms with Crippen LogP contribution >= 0.6 is 15.4 Å². The monoisotopic (exact) mass is 673 g/mol. The first-order valence-electron chi connectivity index (χ1n) is 13.1. The van der Waals surface area contributed by atoms with Gasteiger partial charge in [0.05, 0.1) is 18.3 Å². The second kappa shape index (κ2) is 10.9. The van der Waals surface area contributed by atoms with Crippen molar-refractivity contribution in [3.05, 3.63) is 35.3 Å². The number of nitrogens with one attached hydrogen (secondary N) is 1. The molecule has 24 heteroatoms. The molecule has 5 unspecified atom stereocenters. The topological polar surface area (TPSA) is 317 Å². The van der Waals surface area contributed by atoms with Gasteiger partial charge in [0.15, 0.2) is 48.3 Å². The summed E-state index contributed by atoms with van der Waals surface area (Å²) in [5.74, 6) is -0.208. The number of aliphatic hydroxyl groups is 2. The van der Waals surface area contributed by atoms with E-state index in [1.54, 1.807) is 0 Å². The number of aromatic nitrogens is 7. The number of anilines is 2. The van der Waals surface area contributed by atoms with E-state index in [1.807, 2.05) is 0 Å². The van der Waals surface area contributed by atoms with Crippen molar-refractivity contribution in [2.45, 2.75) is 49.3 Å². The number of nitrogen functional groups attached to an aromatic ring is 2. The molecule has 3 saturated heterocycles. The minimum Gasteiger partial charge on any atom is -0.387 e. The first-order valence-corrected chi connectivity index (χ1v) is 16.3. The van der Waals surface area contributed by atoms with Crippen molar-refractivity contribution in [2.75, 3.05) is 24.4 Å². The second-order valence-corrected chi connectivity index (χ2v) is 13.4. The van der Waals surface area contributed by atoms with Crippen LogP contribution in [0.5, 0.6) is 0 Å². The summed E-state index contributed by atoms with van der Waals surface area (Å²) in [4.78, 5) is 52.1. The molecule has 2 bridgehead atoms. The summed E-state index contributed by atoms with van der Waals surface area (Å²) >= 11 is 0. The number of imidazole rings is 1. The van der Waals surface area contributed by atoms with Crippen LogP contribution in [0.15, 0.2) is 29.7 Å². The Morgan fingerprint density at radius 1 is 0.978 bits per heavy atom. The lowest BCUT2D eigenvalue weighted by Crippen LogP contribution is -2.35. The zero-order valence-electron chi connectivity index (χ0n) is 22.5. The molecule has 4 aromatic rings. The van der Waals surface area contributed by atoms with Crippen LogP contribution in [0.2, 0.25) is 0 Å². The first kappa shape index (κ1) is 30.3. The largest absolute Gasteiger partial charge is 0.472 e. The highest BCUT2D eigenvalue weighted by molar-refractivity contribution is 7.52. The average molecular weight is 673 g/mol. The molecule has 3 fully saturated rings. The maximum absolute atomic E-state index is 13.3. The van der Waals surface area contributed by atoms with E-state index in [-0.39, 0.29) is 34.0 Å². The number of H-pyrrole nitrogens is 1. The molecule has 0 spiro atoms. The standard InChI is InChI=1S/C21H25N9O13P2/c22-14-9-16(25-4-24-14)30(5-26-9)18-11(32)13-20(41-18)38-6-44(34,35)42-12-10(31)8(3-39-45(36,37)43-13)40-19(12)29-2-1-7-15(29)27-21(23)28-17(7)33/h1-2,4-5,8,10-13,18-20,31-32H,3,6H2,(H,34,35)(H,36,37)(H2,22,24,25)(H3,23,27,28,33)/t8-,10+,11?,12?,13?,18-,19-,20+/m1/s1. The number of hydrogen-bond acceptors (Lipinski definition) is 17. The van der Waals surface area contributed by atoms with Gasteiger partial charge in [-0.15, -0.1) is 0 Å². The van der Waals surface area contributed by atoms with Crippen LogP contribution in [0.25, 0.3) is 22.2 Å². The van der Waals surface area contributed by atoms with Crippen LogP contribution in [0.4, 0.5) is 11.8 Å². The summed E-state index contributed by atoms with van der Waals surface area (Å²) in [7, 11) is -9.89. The number of phosphoric acid groups is 1. The maximum Gasteiger partial charge on any atom is 0.472 e. The third kappa shape index (κ3) is 5.33. The predicted molar refractivity (Wildman–Crippen MR) is 146 cm³/mol. The van der Waals surface area contributed by atoms with Gasteiger partial charge < -0.3 is 50.2 Å². The van der Waals surface area contributed by atoms with E-state index in [0.717, 1.165) is 6.33 Å². The molecule has 10 atom stereocenters. The van der Waals surface area contributed by atoms with Gasteiger partial charge in [-0.25, -0.2) is 19.5 Å². The van der Waals surface area contributed by atoms with Gasteiger partial charge >= 0.3 is 15.4 Å². The van der Waals surface area contributed by atoms with E-state index >= 15 is 0 Å². The molecule has 0 aliphatic carbocycles. The zero-order valence-corrected chi connectivity index (χ0v) is 24.3. The molecular formula is C21H25N9O13P2. The minimum absolute atomic E-state index is 0.00815. The van der Waals surface area contributed by atoms with Crippen molar-refractivity contribution in [1.29, 1.82) is 0 Å².